The molecule has 1 N–H and O–H groups in total. The van der Waals surface area contributed by atoms with Gasteiger partial charge < -0.3 is 0 Å². The minimum Gasteiger partial charge on any atom is -0.280 e. The van der Waals surface area contributed by atoms with Crippen molar-refractivity contribution in [2.75, 3.05) is 13.1 Å². The van der Waals surface area contributed by atoms with Gasteiger partial charge in [-0.2, -0.15) is 21.5 Å². The van der Waals surface area contributed by atoms with Crippen LogP contribution in [0.2, 0.25) is 0 Å². The Kier molecular flexibility index (Phi) is 3.58. The van der Waals surface area contributed by atoms with Crippen molar-refractivity contribution >= 4 is 20.1 Å². The van der Waals surface area contributed by atoms with Crippen LogP contribution in [0.4, 0.5) is 8.78 Å². The molecular formula is C6H11F2NO5S2. The standard InChI is InChI=1S/C6H11F2NO5S2/c7-6(8,16(12,13)14)15(10,11)9-4-2-1-3-5-9/h1-5H2,(H,12,13,14). The summed E-state index contributed by atoms with van der Waals surface area (Å²) in [5, 5.41) is 0. The highest BCUT2D eigenvalue weighted by Gasteiger charge is 2.59. The third-order valence-electron chi connectivity index (χ3n) is 2.26. The maximum Gasteiger partial charge on any atom is 0.484 e. The van der Waals surface area contributed by atoms with Gasteiger partial charge in [0.15, 0.2) is 0 Å². The van der Waals surface area contributed by atoms with E-state index >= 15 is 0 Å². The molecular weight excluding hydrogens is 268 g/mol. The fourth-order valence-electron chi connectivity index (χ4n) is 1.39. The Hall–Kier alpha value is -0.320. The third kappa shape index (κ3) is 2.19. The molecule has 96 valence electrons. The average molecular weight is 279 g/mol. The van der Waals surface area contributed by atoms with Crippen LogP contribution in [0, 0.1) is 0 Å². The number of halogens is 2. The van der Waals surface area contributed by atoms with Crippen molar-refractivity contribution in [3.8, 4) is 0 Å². The molecule has 1 heterocycles. The van der Waals surface area contributed by atoms with Crippen molar-refractivity contribution in [1.82, 2.24) is 4.31 Å². The molecule has 10 heteroatoms. The number of rotatable bonds is 3. The van der Waals surface area contributed by atoms with E-state index in [2.05, 4.69) is 0 Å². The van der Waals surface area contributed by atoms with Gasteiger partial charge in [0.05, 0.1) is 0 Å². The van der Waals surface area contributed by atoms with Gasteiger partial charge in [0.2, 0.25) is 0 Å². The van der Waals surface area contributed by atoms with Crippen LogP contribution in [-0.4, -0.2) is 43.4 Å². The number of nitrogens with zero attached hydrogens (tertiary/aromatic N) is 1. The van der Waals surface area contributed by atoms with Crippen molar-refractivity contribution in [1.29, 1.82) is 0 Å². The van der Waals surface area contributed by atoms with Crippen molar-refractivity contribution in [3.63, 3.8) is 0 Å². The van der Waals surface area contributed by atoms with Crippen molar-refractivity contribution in [2.24, 2.45) is 0 Å². The van der Waals surface area contributed by atoms with E-state index in [1.165, 1.54) is 0 Å². The fraction of sp³-hybridized carbons (Fsp3) is 1.00. The number of piperidine rings is 1. The van der Waals surface area contributed by atoms with Gasteiger partial charge in [-0.15, -0.1) is 0 Å². The van der Waals surface area contributed by atoms with Crippen LogP contribution in [-0.2, 0) is 20.1 Å². The first kappa shape index (κ1) is 13.7. The lowest BCUT2D eigenvalue weighted by atomic mass is 10.2. The SMILES string of the molecule is O=S(=O)(O)C(F)(F)S(=O)(=O)N1CCCCC1. The Morgan fingerprint density at radius 1 is 1.00 bits per heavy atom. The zero-order valence-electron chi connectivity index (χ0n) is 8.14. The molecule has 0 amide bonds. The van der Waals surface area contributed by atoms with E-state index in [-0.39, 0.29) is 13.1 Å². The zero-order valence-corrected chi connectivity index (χ0v) is 9.77. The third-order valence-corrected chi connectivity index (χ3v) is 5.77. The molecule has 0 spiro atoms. The normalized spacial score (nSPS) is 20.9. The van der Waals surface area contributed by atoms with E-state index in [1.807, 2.05) is 0 Å². The summed E-state index contributed by atoms with van der Waals surface area (Å²) in [5.74, 6) is 0. The van der Waals surface area contributed by atoms with E-state index in [4.69, 9.17) is 4.55 Å². The summed E-state index contributed by atoms with van der Waals surface area (Å²) in [6, 6.07) is 0. The molecule has 1 aliphatic rings. The quantitative estimate of drug-likeness (QED) is 0.747. The second-order valence-corrected chi connectivity index (χ2v) is 7.10. The van der Waals surface area contributed by atoms with E-state index in [0.29, 0.717) is 23.6 Å². The summed E-state index contributed by atoms with van der Waals surface area (Å²) < 4.78 is 72.8. The summed E-state index contributed by atoms with van der Waals surface area (Å²) >= 11 is 0. The number of hydrogen-bond acceptors (Lipinski definition) is 4. The number of alkyl halides is 2. The van der Waals surface area contributed by atoms with Crippen LogP contribution in [0.5, 0.6) is 0 Å². The van der Waals surface area contributed by atoms with Crippen LogP contribution in [0.15, 0.2) is 0 Å². The minimum absolute atomic E-state index is 0.159. The molecule has 0 atom stereocenters. The Morgan fingerprint density at radius 2 is 1.44 bits per heavy atom. The van der Waals surface area contributed by atoms with Gasteiger partial charge in [0.25, 0.3) is 10.0 Å². The van der Waals surface area contributed by atoms with Crippen molar-refractivity contribution in [3.05, 3.63) is 0 Å². The Bertz CT molecular complexity index is 451. The lowest BCUT2D eigenvalue weighted by molar-refractivity contribution is 0.153. The van der Waals surface area contributed by atoms with E-state index < -0.39 is 24.7 Å². The second-order valence-electron chi connectivity index (χ2n) is 3.40. The molecule has 0 bridgehead atoms. The van der Waals surface area contributed by atoms with Crippen LogP contribution in [0.3, 0.4) is 0 Å². The highest BCUT2D eigenvalue weighted by Crippen LogP contribution is 2.32. The first-order chi connectivity index (χ1) is 7.11. The molecule has 0 aromatic carbocycles. The highest BCUT2D eigenvalue weighted by atomic mass is 32.3. The number of hydrogen-bond donors (Lipinski definition) is 1. The highest BCUT2D eigenvalue weighted by molar-refractivity contribution is 8.06. The molecule has 0 aromatic heterocycles. The predicted octanol–water partition coefficient (Wildman–Crippen LogP) is 0.240. The van der Waals surface area contributed by atoms with Crippen LogP contribution >= 0.6 is 0 Å². The van der Waals surface area contributed by atoms with Crippen LogP contribution < -0.4 is 0 Å². The molecule has 1 saturated heterocycles. The summed E-state index contributed by atoms with van der Waals surface area (Å²) in [4.78, 5) is 0. The Balaban J connectivity index is 3.10. The van der Waals surface area contributed by atoms with E-state index in [0.717, 1.165) is 0 Å². The van der Waals surface area contributed by atoms with E-state index in [9.17, 15) is 25.6 Å². The van der Waals surface area contributed by atoms with Crippen LogP contribution in [0.25, 0.3) is 0 Å². The fourth-order valence-corrected chi connectivity index (χ4v) is 3.81. The Labute approximate surface area is 92.0 Å². The summed E-state index contributed by atoms with van der Waals surface area (Å²) in [6.45, 7) is -0.319. The zero-order chi connectivity index (χ0) is 12.6. The molecule has 1 fully saturated rings. The van der Waals surface area contributed by atoms with Gasteiger partial charge in [-0.3, -0.25) is 4.55 Å². The molecule has 0 saturated carbocycles. The van der Waals surface area contributed by atoms with Gasteiger partial charge in [-0.25, -0.2) is 8.42 Å². The molecule has 1 aliphatic heterocycles. The topological polar surface area (TPSA) is 91.7 Å². The molecule has 0 radical (unpaired) electrons. The van der Waals surface area contributed by atoms with Gasteiger partial charge in [0.1, 0.15) is 0 Å². The monoisotopic (exact) mass is 279 g/mol. The summed E-state index contributed by atoms with van der Waals surface area (Å²) in [7, 11) is -11.3. The average Bonchev–Trinajstić information content (AvgIpc) is 2.17. The number of sulfonamides is 1. The van der Waals surface area contributed by atoms with Gasteiger partial charge in [-0.05, 0) is 12.8 Å². The second kappa shape index (κ2) is 4.17. The maximum atomic E-state index is 13.0. The van der Waals surface area contributed by atoms with Crippen molar-refractivity contribution < 1.29 is 30.2 Å². The molecule has 0 aromatic rings. The van der Waals surface area contributed by atoms with Gasteiger partial charge in [0, 0.05) is 13.1 Å². The molecule has 6 nitrogen and oxygen atoms in total. The first-order valence-corrected chi connectivity index (χ1v) is 7.33. The largest absolute Gasteiger partial charge is 0.484 e. The Morgan fingerprint density at radius 3 is 1.81 bits per heavy atom. The summed E-state index contributed by atoms with van der Waals surface area (Å²) in [6.07, 6.45) is 1.48. The smallest absolute Gasteiger partial charge is 0.280 e. The lowest BCUT2D eigenvalue weighted by Gasteiger charge is -2.28. The molecule has 16 heavy (non-hydrogen) atoms. The lowest BCUT2D eigenvalue weighted by Crippen LogP contribution is -2.49. The predicted molar refractivity (Wildman–Crippen MR) is 50.8 cm³/mol. The minimum atomic E-state index is -5.97. The summed E-state index contributed by atoms with van der Waals surface area (Å²) in [5.41, 5.74) is 0. The maximum absolute atomic E-state index is 13.0. The molecule has 1 rings (SSSR count). The van der Waals surface area contributed by atoms with Gasteiger partial charge in [-0.1, -0.05) is 6.42 Å². The van der Waals surface area contributed by atoms with E-state index in [1.54, 1.807) is 0 Å². The van der Waals surface area contributed by atoms with Crippen molar-refractivity contribution in [2.45, 2.75) is 23.8 Å². The van der Waals surface area contributed by atoms with Gasteiger partial charge >= 0.3 is 14.7 Å². The molecule has 0 unspecified atom stereocenters. The molecule has 0 aliphatic carbocycles. The van der Waals surface area contributed by atoms with Crippen LogP contribution in [0.1, 0.15) is 19.3 Å². The first-order valence-electron chi connectivity index (χ1n) is 4.45.